The van der Waals surface area contributed by atoms with Crippen molar-refractivity contribution in [1.82, 2.24) is 0 Å². The molecule has 0 fully saturated rings. The summed E-state index contributed by atoms with van der Waals surface area (Å²) in [5.74, 6) is 0.648. The van der Waals surface area contributed by atoms with Crippen molar-refractivity contribution < 1.29 is 0 Å². The van der Waals surface area contributed by atoms with Gasteiger partial charge in [0, 0.05) is 0 Å². The lowest BCUT2D eigenvalue weighted by molar-refractivity contribution is 0.559. The van der Waals surface area contributed by atoms with Gasteiger partial charge in [-0.2, -0.15) is 0 Å². The summed E-state index contributed by atoms with van der Waals surface area (Å²) in [4.78, 5) is 0. The first-order chi connectivity index (χ1) is 7.76. The molecule has 1 unspecified atom stereocenters. The Morgan fingerprint density at radius 2 is 2.38 bits per heavy atom. The topological polar surface area (TPSA) is 0 Å². The molecule has 0 N–H and O–H groups in total. The van der Waals surface area contributed by atoms with E-state index < -0.39 is 0 Å². The molecule has 0 nitrogen and oxygen atoms in total. The smallest absolute Gasteiger partial charge is 0.0120 e. The second-order valence-electron chi connectivity index (χ2n) is 4.75. The number of rotatable bonds is 2. The maximum Gasteiger partial charge on any atom is -0.0120 e. The van der Waals surface area contributed by atoms with Crippen molar-refractivity contribution in [3.8, 4) is 0 Å². The van der Waals surface area contributed by atoms with Crippen LogP contribution in [0.2, 0.25) is 0 Å². The van der Waals surface area contributed by atoms with Crippen LogP contribution in [0, 0.1) is 5.92 Å². The lowest BCUT2D eigenvalue weighted by Gasteiger charge is -2.10. The van der Waals surface area contributed by atoms with Crippen LogP contribution < -0.4 is 0 Å². The van der Waals surface area contributed by atoms with Gasteiger partial charge in [0.2, 0.25) is 0 Å². The maximum absolute atomic E-state index is 3.69. The van der Waals surface area contributed by atoms with Crippen molar-refractivity contribution in [3.63, 3.8) is 0 Å². The Balaban J connectivity index is 2.70. The molecule has 88 valence electrons. The van der Waals surface area contributed by atoms with Gasteiger partial charge in [-0.1, -0.05) is 36.8 Å². The van der Waals surface area contributed by atoms with Crippen molar-refractivity contribution in [2.75, 3.05) is 0 Å². The third-order valence-electron chi connectivity index (χ3n) is 3.22. The molecule has 0 spiro atoms. The monoisotopic (exact) mass is 216 g/mol. The van der Waals surface area contributed by atoms with Crippen LogP contribution in [0.4, 0.5) is 0 Å². The molecule has 0 aliphatic heterocycles. The molecule has 0 bridgehead atoms. The molecule has 0 saturated carbocycles. The van der Waals surface area contributed by atoms with Gasteiger partial charge in [0.05, 0.1) is 0 Å². The molecule has 0 aromatic carbocycles. The van der Waals surface area contributed by atoms with E-state index in [0.717, 1.165) is 12.8 Å². The Labute approximate surface area is 100 Å². The molecule has 0 aromatic rings. The largest absolute Gasteiger partial charge is 0.133 e. The quantitative estimate of drug-likeness (QED) is 0.440. The summed E-state index contributed by atoms with van der Waals surface area (Å²) < 4.78 is 0. The van der Waals surface area contributed by atoms with Gasteiger partial charge in [0.1, 0.15) is 0 Å². The third-order valence-corrected chi connectivity index (χ3v) is 3.22. The standard InChI is InChI=1S/C16H24/c1-4-7-15-9-6-10-16(8-5-2)13-14(3)11-12-15/h7-8,11,16H,2,4,6,9-10,12-13H2,1,3H3/b14-11+,15-7+. The molecule has 1 rings (SSSR count). The second kappa shape index (κ2) is 7.30. The van der Waals surface area contributed by atoms with Crippen LogP contribution in [0.1, 0.15) is 52.4 Å². The van der Waals surface area contributed by atoms with Crippen LogP contribution in [-0.4, -0.2) is 0 Å². The number of hydrogen-bond acceptors (Lipinski definition) is 0. The highest BCUT2D eigenvalue weighted by Crippen LogP contribution is 2.25. The normalized spacial score (nSPS) is 28.2. The Morgan fingerprint density at radius 1 is 1.56 bits per heavy atom. The zero-order valence-corrected chi connectivity index (χ0v) is 10.8. The fourth-order valence-corrected chi connectivity index (χ4v) is 2.38. The molecular formula is C16H24. The van der Waals surface area contributed by atoms with E-state index in [2.05, 4.69) is 44.4 Å². The van der Waals surface area contributed by atoms with Gasteiger partial charge in [-0.15, -0.1) is 5.73 Å². The Kier molecular flexibility index (Phi) is 5.96. The van der Waals surface area contributed by atoms with E-state index >= 15 is 0 Å². The van der Waals surface area contributed by atoms with Gasteiger partial charge in [-0.05, 0) is 57.4 Å². The molecule has 1 atom stereocenters. The molecule has 0 amide bonds. The Bertz CT molecular complexity index is 311. The number of hydrogen-bond donors (Lipinski definition) is 0. The molecule has 0 heteroatoms. The molecule has 1 aliphatic rings. The van der Waals surface area contributed by atoms with Crippen LogP contribution >= 0.6 is 0 Å². The molecule has 0 saturated heterocycles. The van der Waals surface area contributed by atoms with Gasteiger partial charge in [0.15, 0.2) is 0 Å². The summed E-state index contributed by atoms with van der Waals surface area (Å²) in [7, 11) is 0. The van der Waals surface area contributed by atoms with Crippen LogP contribution in [0.3, 0.4) is 0 Å². The summed E-state index contributed by atoms with van der Waals surface area (Å²) in [6, 6.07) is 0. The van der Waals surface area contributed by atoms with E-state index in [1.807, 2.05) is 0 Å². The Hall–Kier alpha value is -1.00. The fourth-order valence-electron chi connectivity index (χ4n) is 2.38. The highest BCUT2D eigenvalue weighted by atomic mass is 14.1. The zero-order chi connectivity index (χ0) is 11.8. The lowest BCUT2D eigenvalue weighted by atomic mass is 9.95. The van der Waals surface area contributed by atoms with Gasteiger partial charge < -0.3 is 0 Å². The van der Waals surface area contributed by atoms with E-state index in [1.165, 1.54) is 31.3 Å². The summed E-state index contributed by atoms with van der Waals surface area (Å²) >= 11 is 0. The molecule has 16 heavy (non-hydrogen) atoms. The molecule has 0 aromatic heterocycles. The van der Waals surface area contributed by atoms with Gasteiger partial charge in [-0.25, -0.2) is 0 Å². The first kappa shape index (κ1) is 13.1. The predicted molar refractivity (Wildman–Crippen MR) is 72.4 cm³/mol. The van der Waals surface area contributed by atoms with Crippen molar-refractivity contribution >= 4 is 0 Å². The minimum absolute atomic E-state index is 0.648. The average molecular weight is 216 g/mol. The first-order valence-electron chi connectivity index (χ1n) is 6.45. The van der Waals surface area contributed by atoms with Crippen LogP contribution in [-0.2, 0) is 0 Å². The molecule has 1 aliphatic carbocycles. The van der Waals surface area contributed by atoms with Gasteiger partial charge >= 0.3 is 0 Å². The number of allylic oxidation sites excluding steroid dienone is 5. The van der Waals surface area contributed by atoms with Crippen molar-refractivity contribution in [1.29, 1.82) is 0 Å². The second-order valence-corrected chi connectivity index (χ2v) is 4.75. The van der Waals surface area contributed by atoms with E-state index in [1.54, 1.807) is 5.57 Å². The highest BCUT2D eigenvalue weighted by Gasteiger charge is 2.09. The summed E-state index contributed by atoms with van der Waals surface area (Å²) in [5, 5.41) is 0. The lowest BCUT2D eigenvalue weighted by Crippen LogP contribution is -1.96. The summed E-state index contributed by atoms with van der Waals surface area (Å²) in [6.07, 6.45) is 14.3. The summed E-state index contributed by atoms with van der Waals surface area (Å²) in [5.41, 5.74) is 6.08. The first-order valence-corrected chi connectivity index (χ1v) is 6.45. The van der Waals surface area contributed by atoms with Crippen LogP contribution in [0.25, 0.3) is 0 Å². The van der Waals surface area contributed by atoms with Gasteiger partial charge in [0.25, 0.3) is 0 Å². The summed E-state index contributed by atoms with van der Waals surface area (Å²) in [6.45, 7) is 8.16. The van der Waals surface area contributed by atoms with E-state index in [0.29, 0.717) is 5.92 Å². The Morgan fingerprint density at radius 3 is 3.06 bits per heavy atom. The molecule has 0 heterocycles. The van der Waals surface area contributed by atoms with Crippen LogP contribution in [0.15, 0.2) is 41.7 Å². The minimum Gasteiger partial charge on any atom is -0.133 e. The van der Waals surface area contributed by atoms with Crippen molar-refractivity contribution in [2.45, 2.75) is 52.4 Å². The van der Waals surface area contributed by atoms with Gasteiger partial charge in [-0.3, -0.25) is 0 Å². The van der Waals surface area contributed by atoms with E-state index in [9.17, 15) is 0 Å². The minimum atomic E-state index is 0.648. The average Bonchev–Trinajstić information content (AvgIpc) is 2.32. The molecular weight excluding hydrogens is 192 g/mol. The van der Waals surface area contributed by atoms with Crippen LogP contribution in [0.5, 0.6) is 0 Å². The zero-order valence-electron chi connectivity index (χ0n) is 10.8. The highest BCUT2D eigenvalue weighted by molar-refractivity contribution is 5.13. The SMILES string of the molecule is C=C=CC1CCC/C(=C\CC)C/C=C(\C)C1. The van der Waals surface area contributed by atoms with Crippen molar-refractivity contribution in [2.24, 2.45) is 5.92 Å². The maximum atomic E-state index is 3.69. The van der Waals surface area contributed by atoms with E-state index in [4.69, 9.17) is 0 Å². The molecule has 0 radical (unpaired) electrons. The predicted octanol–water partition coefficient (Wildman–Crippen LogP) is 5.19. The van der Waals surface area contributed by atoms with E-state index in [-0.39, 0.29) is 0 Å². The van der Waals surface area contributed by atoms with Crippen molar-refractivity contribution in [3.05, 3.63) is 41.7 Å². The fraction of sp³-hybridized carbons (Fsp3) is 0.562. The third kappa shape index (κ3) is 4.68.